The van der Waals surface area contributed by atoms with Gasteiger partial charge in [-0.3, -0.25) is 9.79 Å². The van der Waals surface area contributed by atoms with Gasteiger partial charge in [0.1, 0.15) is 0 Å². The number of hydrogen-bond donors (Lipinski definition) is 0. The van der Waals surface area contributed by atoms with E-state index >= 15 is 0 Å². The van der Waals surface area contributed by atoms with E-state index in [2.05, 4.69) is 27.6 Å². The number of carbonyl (C=O) groups excluding carboxylic acids is 1. The highest BCUT2D eigenvalue weighted by molar-refractivity contribution is 9.09. The molecule has 0 aliphatic heterocycles. The van der Waals surface area contributed by atoms with Gasteiger partial charge in [-0.1, -0.05) is 15.9 Å². The van der Waals surface area contributed by atoms with Gasteiger partial charge in [0.15, 0.2) is 5.78 Å². The minimum absolute atomic E-state index is 0.0746. The summed E-state index contributed by atoms with van der Waals surface area (Å²) in [5.41, 5.74) is 1.47. The molecule has 0 atom stereocenters. The van der Waals surface area contributed by atoms with E-state index < -0.39 is 0 Å². The van der Waals surface area contributed by atoms with Crippen molar-refractivity contribution in [2.24, 2.45) is 4.99 Å². The van der Waals surface area contributed by atoms with Crippen molar-refractivity contribution in [1.82, 2.24) is 0 Å². The third-order valence-electron chi connectivity index (χ3n) is 1.49. The summed E-state index contributed by atoms with van der Waals surface area (Å²) in [5, 5.41) is 0.355. The molecule has 0 saturated carbocycles. The van der Waals surface area contributed by atoms with Crippen LogP contribution in [-0.4, -0.2) is 17.8 Å². The Bertz CT molecular complexity index is 292. The highest BCUT2D eigenvalue weighted by atomic mass is 79.9. The lowest BCUT2D eigenvalue weighted by atomic mass is 10.1. The van der Waals surface area contributed by atoms with E-state index in [1.807, 2.05) is 0 Å². The van der Waals surface area contributed by atoms with Crippen molar-refractivity contribution in [2.75, 3.05) is 5.33 Å². The average Bonchev–Trinajstić information content (AvgIpc) is 2.17. The highest BCUT2D eigenvalue weighted by Gasteiger charge is 2.01. The maximum absolute atomic E-state index is 11.1. The summed E-state index contributed by atoms with van der Waals surface area (Å²) in [7, 11) is 0. The number of nitrogens with zero attached hydrogens (tertiary/aromatic N) is 1. The molecule has 0 bridgehead atoms. The number of Topliss-reactive ketones (excluding diaryl/α,β-unsaturated/α-hetero) is 1. The Morgan fingerprint density at radius 3 is 2.42 bits per heavy atom. The van der Waals surface area contributed by atoms with Crippen molar-refractivity contribution in [1.29, 1.82) is 0 Å². The van der Waals surface area contributed by atoms with E-state index in [1.54, 1.807) is 24.3 Å². The molecule has 0 aromatic heterocycles. The van der Waals surface area contributed by atoms with Gasteiger partial charge in [0.05, 0.1) is 11.0 Å². The lowest BCUT2D eigenvalue weighted by molar-refractivity contribution is 0.102. The average molecular weight is 226 g/mol. The number of ketones is 1. The van der Waals surface area contributed by atoms with Crippen molar-refractivity contribution in [3.63, 3.8) is 0 Å². The predicted octanol–water partition coefficient (Wildman–Crippen LogP) is 2.60. The molecule has 0 saturated heterocycles. The fourth-order valence-electron chi connectivity index (χ4n) is 0.830. The van der Waals surface area contributed by atoms with Crippen LogP contribution in [0.4, 0.5) is 5.69 Å². The SMILES string of the molecule is C=Nc1ccc(C(=O)CBr)cc1. The van der Waals surface area contributed by atoms with Gasteiger partial charge in [-0.15, -0.1) is 0 Å². The fraction of sp³-hybridized carbons (Fsp3) is 0.111. The molecule has 3 heteroatoms. The molecule has 1 rings (SSSR count). The Hall–Kier alpha value is -0.960. The quantitative estimate of drug-likeness (QED) is 0.442. The molecule has 12 heavy (non-hydrogen) atoms. The number of hydrogen-bond acceptors (Lipinski definition) is 2. The van der Waals surface area contributed by atoms with Gasteiger partial charge in [0.2, 0.25) is 0 Å². The topological polar surface area (TPSA) is 29.4 Å². The lowest BCUT2D eigenvalue weighted by Gasteiger charge is -1.96. The van der Waals surface area contributed by atoms with Gasteiger partial charge in [-0.05, 0) is 31.0 Å². The molecule has 62 valence electrons. The second kappa shape index (κ2) is 4.16. The summed E-state index contributed by atoms with van der Waals surface area (Å²) in [6.07, 6.45) is 0. The summed E-state index contributed by atoms with van der Waals surface area (Å²) in [4.78, 5) is 14.8. The van der Waals surface area contributed by atoms with Crippen molar-refractivity contribution < 1.29 is 4.79 Å². The number of rotatable bonds is 3. The number of carbonyl (C=O) groups is 1. The number of aliphatic imine (C=N–C) groups is 1. The Balaban J connectivity index is 2.91. The normalized spacial score (nSPS) is 9.42. The molecule has 1 aromatic carbocycles. The van der Waals surface area contributed by atoms with Crippen molar-refractivity contribution in [2.45, 2.75) is 0 Å². The van der Waals surface area contributed by atoms with Crippen molar-refractivity contribution in [3.05, 3.63) is 29.8 Å². The van der Waals surface area contributed by atoms with Gasteiger partial charge in [-0.25, -0.2) is 0 Å². The van der Waals surface area contributed by atoms with Crippen LogP contribution in [0.25, 0.3) is 0 Å². The summed E-state index contributed by atoms with van der Waals surface area (Å²) < 4.78 is 0. The summed E-state index contributed by atoms with van der Waals surface area (Å²) >= 11 is 3.10. The molecular weight excluding hydrogens is 218 g/mol. The van der Waals surface area contributed by atoms with Crippen LogP contribution in [0.5, 0.6) is 0 Å². The van der Waals surface area contributed by atoms with E-state index in [-0.39, 0.29) is 5.78 Å². The molecule has 0 heterocycles. The van der Waals surface area contributed by atoms with E-state index in [9.17, 15) is 4.79 Å². The van der Waals surface area contributed by atoms with Gasteiger partial charge in [-0.2, -0.15) is 0 Å². The first-order valence-corrected chi connectivity index (χ1v) is 4.56. The monoisotopic (exact) mass is 225 g/mol. The Morgan fingerprint density at radius 1 is 1.42 bits per heavy atom. The van der Waals surface area contributed by atoms with Gasteiger partial charge in [0, 0.05) is 5.56 Å². The van der Waals surface area contributed by atoms with Gasteiger partial charge in [0.25, 0.3) is 0 Å². The Kier molecular flexibility index (Phi) is 3.17. The summed E-state index contributed by atoms with van der Waals surface area (Å²) in [6.45, 7) is 3.38. The van der Waals surface area contributed by atoms with E-state index in [1.165, 1.54) is 0 Å². The minimum atomic E-state index is 0.0746. The predicted molar refractivity (Wildman–Crippen MR) is 53.8 cm³/mol. The van der Waals surface area contributed by atoms with Crippen LogP contribution < -0.4 is 0 Å². The van der Waals surface area contributed by atoms with Crippen LogP contribution in [-0.2, 0) is 0 Å². The first-order chi connectivity index (χ1) is 5.77. The van der Waals surface area contributed by atoms with Crippen LogP contribution in [0.2, 0.25) is 0 Å². The Morgan fingerprint density at radius 2 is 2.00 bits per heavy atom. The van der Waals surface area contributed by atoms with Gasteiger partial charge < -0.3 is 0 Å². The largest absolute Gasteiger partial charge is 0.293 e. The van der Waals surface area contributed by atoms with E-state index in [0.29, 0.717) is 10.9 Å². The highest BCUT2D eigenvalue weighted by Crippen LogP contribution is 2.12. The van der Waals surface area contributed by atoms with Crippen molar-refractivity contribution >= 4 is 34.1 Å². The second-order valence-electron chi connectivity index (χ2n) is 2.26. The van der Waals surface area contributed by atoms with E-state index in [4.69, 9.17) is 0 Å². The van der Waals surface area contributed by atoms with Gasteiger partial charge >= 0.3 is 0 Å². The van der Waals surface area contributed by atoms with Crippen LogP contribution in [0.3, 0.4) is 0 Å². The number of alkyl halides is 1. The lowest BCUT2D eigenvalue weighted by Crippen LogP contribution is -1.98. The van der Waals surface area contributed by atoms with Crippen LogP contribution in [0.15, 0.2) is 29.3 Å². The summed E-state index contributed by atoms with van der Waals surface area (Å²) in [5.74, 6) is 0.0746. The molecule has 0 spiro atoms. The summed E-state index contributed by atoms with van der Waals surface area (Å²) in [6, 6.07) is 7.02. The first kappa shape index (κ1) is 9.13. The maximum atomic E-state index is 11.1. The molecule has 2 nitrogen and oxygen atoms in total. The van der Waals surface area contributed by atoms with E-state index in [0.717, 1.165) is 5.69 Å². The molecule has 1 aromatic rings. The van der Waals surface area contributed by atoms with Crippen molar-refractivity contribution in [3.8, 4) is 0 Å². The molecule has 0 fully saturated rings. The molecule has 0 aliphatic carbocycles. The number of halogens is 1. The third kappa shape index (κ3) is 2.01. The van der Waals surface area contributed by atoms with Crippen LogP contribution >= 0.6 is 15.9 Å². The maximum Gasteiger partial charge on any atom is 0.173 e. The second-order valence-corrected chi connectivity index (χ2v) is 2.82. The molecular formula is C9H8BrNO. The molecule has 0 amide bonds. The first-order valence-electron chi connectivity index (χ1n) is 3.44. The Labute approximate surface area is 79.5 Å². The zero-order valence-corrected chi connectivity index (χ0v) is 8.04. The third-order valence-corrected chi connectivity index (χ3v) is 2.00. The molecule has 0 N–H and O–H groups in total. The molecule has 0 aliphatic rings. The van der Waals surface area contributed by atoms with Crippen LogP contribution in [0.1, 0.15) is 10.4 Å². The minimum Gasteiger partial charge on any atom is -0.293 e. The molecule has 0 radical (unpaired) electrons. The zero-order valence-electron chi connectivity index (χ0n) is 6.46. The van der Waals surface area contributed by atoms with Crippen LogP contribution in [0, 0.1) is 0 Å². The number of benzene rings is 1. The fourth-order valence-corrected chi connectivity index (χ4v) is 1.15. The smallest absolute Gasteiger partial charge is 0.173 e. The molecule has 0 unspecified atom stereocenters. The zero-order chi connectivity index (χ0) is 8.97. The standard InChI is InChI=1S/C9H8BrNO/c1-11-8-4-2-7(3-5-8)9(12)6-10/h2-5H,1,6H2.